The van der Waals surface area contributed by atoms with Crippen LogP contribution in [0, 0.1) is 11.3 Å². The topological polar surface area (TPSA) is 117 Å². The van der Waals surface area contributed by atoms with E-state index in [-0.39, 0.29) is 38.3 Å². The Labute approximate surface area is 221 Å². The summed E-state index contributed by atoms with van der Waals surface area (Å²) in [5, 5.41) is 7.82. The van der Waals surface area contributed by atoms with E-state index in [1.54, 1.807) is 54.7 Å². The summed E-state index contributed by atoms with van der Waals surface area (Å²) in [6.45, 7) is 3.06. The van der Waals surface area contributed by atoms with Crippen LogP contribution in [0.5, 0.6) is 0 Å². The second kappa shape index (κ2) is 12.7. The second-order valence-corrected chi connectivity index (χ2v) is 10.2. The monoisotopic (exact) mass is 528 g/mol. The normalized spacial score (nSPS) is 16.2. The minimum atomic E-state index is -2.66. The molecule has 2 aromatic rings. The first-order valence-corrected chi connectivity index (χ1v) is 12.7. The number of pyridine rings is 1. The largest absolute Gasteiger partial charge is 0.355 e. The second-order valence-electron chi connectivity index (χ2n) is 10.2. The van der Waals surface area contributed by atoms with Crippen LogP contribution in [-0.4, -0.2) is 47.0 Å². The zero-order valence-corrected chi connectivity index (χ0v) is 21.6. The summed E-state index contributed by atoms with van der Waals surface area (Å²) in [4.78, 5) is 55.9. The zero-order valence-electron chi connectivity index (χ0n) is 21.6. The quantitative estimate of drug-likeness (QED) is 0.306. The Balaban J connectivity index is 1.63. The highest BCUT2D eigenvalue weighted by Gasteiger charge is 2.40. The third-order valence-electron chi connectivity index (χ3n) is 6.81. The van der Waals surface area contributed by atoms with Gasteiger partial charge in [-0.3, -0.25) is 24.2 Å². The van der Waals surface area contributed by atoms with Crippen molar-refractivity contribution < 1.29 is 28.0 Å². The van der Waals surface area contributed by atoms with E-state index in [1.165, 1.54) is 13.8 Å². The highest BCUT2D eigenvalue weighted by Crippen LogP contribution is 2.35. The van der Waals surface area contributed by atoms with Crippen molar-refractivity contribution in [2.45, 2.75) is 64.5 Å². The maximum absolute atomic E-state index is 13.4. The van der Waals surface area contributed by atoms with E-state index < -0.39 is 40.9 Å². The van der Waals surface area contributed by atoms with Crippen molar-refractivity contribution in [1.29, 1.82) is 0 Å². The Hall–Kier alpha value is -3.69. The van der Waals surface area contributed by atoms with Gasteiger partial charge >= 0.3 is 0 Å². The van der Waals surface area contributed by atoms with Gasteiger partial charge in [-0.25, -0.2) is 8.78 Å². The van der Waals surface area contributed by atoms with Crippen molar-refractivity contribution in [1.82, 2.24) is 20.9 Å². The molecule has 204 valence electrons. The smallest absolute Gasteiger partial charge is 0.289 e. The van der Waals surface area contributed by atoms with Crippen LogP contribution in [-0.2, 0) is 32.1 Å². The lowest BCUT2D eigenvalue weighted by Crippen LogP contribution is -2.55. The van der Waals surface area contributed by atoms with Crippen LogP contribution >= 0.6 is 0 Å². The summed E-state index contributed by atoms with van der Waals surface area (Å²) in [5.74, 6) is -5.79. The fraction of sp³-hybridized carbons (Fsp3) is 0.464. The first kappa shape index (κ1) is 28.9. The Morgan fingerprint density at radius 2 is 1.63 bits per heavy atom. The van der Waals surface area contributed by atoms with E-state index in [0.717, 1.165) is 5.56 Å². The molecule has 1 heterocycles. The molecule has 38 heavy (non-hydrogen) atoms. The summed E-state index contributed by atoms with van der Waals surface area (Å²) >= 11 is 0. The molecule has 10 heteroatoms. The van der Waals surface area contributed by atoms with Crippen LogP contribution in [0.25, 0.3) is 0 Å². The lowest BCUT2D eigenvalue weighted by Gasteiger charge is -2.30. The first-order chi connectivity index (χ1) is 18.0. The fourth-order valence-corrected chi connectivity index (χ4v) is 4.18. The Morgan fingerprint density at radius 1 is 0.974 bits per heavy atom. The van der Waals surface area contributed by atoms with Crippen molar-refractivity contribution in [3.63, 3.8) is 0 Å². The van der Waals surface area contributed by atoms with E-state index in [2.05, 4.69) is 20.9 Å². The molecule has 0 spiro atoms. The number of Topliss-reactive ketones (excluding diaryl/α,β-unsaturated/α-hetero) is 1. The molecule has 3 amide bonds. The average Bonchev–Trinajstić information content (AvgIpc) is 2.91. The van der Waals surface area contributed by atoms with Gasteiger partial charge in [0.25, 0.3) is 5.91 Å². The molecule has 0 saturated heterocycles. The number of ketones is 1. The van der Waals surface area contributed by atoms with Gasteiger partial charge < -0.3 is 16.0 Å². The molecule has 1 aromatic heterocycles. The molecular weight excluding hydrogens is 494 g/mol. The predicted octanol–water partition coefficient (Wildman–Crippen LogP) is 2.96. The molecule has 0 bridgehead atoms. The third-order valence-corrected chi connectivity index (χ3v) is 6.81. The maximum atomic E-state index is 13.4. The number of alkyl halides is 2. The van der Waals surface area contributed by atoms with E-state index in [4.69, 9.17) is 0 Å². The van der Waals surface area contributed by atoms with E-state index in [0.29, 0.717) is 18.5 Å². The molecule has 1 saturated carbocycles. The first-order valence-electron chi connectivity index (χ1n) is 12.7. The highest BCUT2D eigenvalue weighted by molar-refractivity contribution is 6.38. The number of hydrogen-bond donors (Lipinski definition) is 3. The summed E-state index contributed by atoms with van der Waals surface area (Å²) < 4.78 is 26.8. The number of carbonyl (C=O) groups excluding carboxylic acids is 4. The van der Waals surface area contributed by atoms with E-state index in [1.807, 2.05) is 0 Å². The molecule has 8 nitrogen and oxygen atoms in total. The summed E-state index contributed by atoms with van der Waals surface area (Å²) in [5.41, 5.74) is -0.282. The van der Waals surface area contributed by atoms with Gasteiger partial charge in [-0.05, 0) is 50.3 Å². The molecule has 0 radical (unpaired) electrons. The van der Waals surface area contributed by atoms with Gasteiger partial charge in [-0.15, -0.1) is 0 Å². The SMILES string of the molecule is CC(C)(C(=O)NCC1CCC(F)(F)CC1)C(=O)N[C@H](Cc1ccccc1)C(=O)C(=O)NCc1ccccn1. The minimum Gasteiger partial charge on any atom is -0.355 e. The van der Waals surface area contributed by atoms with Crippen LogP contribution < -0.4 is 16.0 Å². The molecule has 1 aliphatic carbocycles. The molecule has 1 aliphatic rings. The van der Waals surface area contributed by atoms with Crippen LogP contribution in [0.1, 0.15) is 50.8 Å². The Kier molecular flexibility index (Phi) is 9.66. The molecule has 0 aliphatic heterocycles. The molecule has 3 N–H and O–H groups in total. The van der Waals surface area contributed by atoms with Gasteiger partial charge in [0.2, 0.25) is 23.5 Å². The average molecular weight is 529 g/mol. The highest BCUT2D eigenvalue weighted by atomic mass is 19.3. The Morgan fingerprint density at radius 3 is 2.26 bits per heavy atom. The Bertz CT molecular complexity index is 1120. The molecule has 3 rings (SSSR count). The molecular formula is C28H34F2N4O4. The van der Waals surface area contributed by atoms with Gasteiger partial charge in [0, 0.05) is 32.0 Å². The van der Waals surface area contributed by atoms with Crippen LogP contribution in [0.4, 0.5) is 8.78 Å². The number of benzene rings is 1. The lowest BCUT2D eigenvalue weighted by atomic mass is 9.86. The number of nitrogens with zero attached hydrogens (tertiary/aromatic N) is 1. The number of carbonyl (C=O) groups is 4. The number of amides is 3. The number of aromatic nitrogens is 1. The minimum absolute atomic E-state index is 0.0401. The number of halogens is 2. The van der Waals surface area contributed by atoms with Crippen LogP contribution in [0.15, 0.2) is 54.7 Å². The molecule has 1 atom stereocenters. The number of nitrogens with one attached hydrogen (secondary N) is 3. The summed E-state index contributed by atoms with van der Waals surface area (Å²) in [6.07, 6.45) is 1.77. The molecule has 1 fully saturated rings. The van der Waals surface area contributed by atoms with Crippen molar-refractivity contribution in [3.8, 4) is 0 Å². The predicted molar refractivity (Wildman–Crippen MR) is 137 cm³/mol. The summed E-state index contributed by atoms with van der Waals surface area (Å²) in [6, 6.07) is 12.9. The van der Waals surface area contributed by atoms with Crippen LogP contribution in [0.2, 0.25) is 0 Å². The van der Waals surface area contributed by atoms with Crippen molar-refractivity contribution in [3.05, 3.63) is 66.0 Å². The molecule has 0 unspecified atom stereocenters. The van der Waals surface area contributed by atoms with Gasteiger partial charge in [-0.1, -0.05) is 36.4 Å². The third kappa shape index (κ3) is 8.16. The van der Waals surface area contributed by atoms with E-state index in [9.17, 15) is 28.0 Å². The van der Waals surface area contributed by atoms with Crippen molar-refractivity contribution >= 4 is 23.5 Å². The van der Waals surface area contributed by atoms with Crippen molar-refractivity contribution in [2.75, 3.05) is 6.54 Å². The van der Waals surface area contributed by atoms with Crippen molar-refractivity contribution in [2.24, 2.45) is 11.3 Å². The van der Waals surface area contributed by atoms with Gasteiger partial charge in [0.05, 0.1) is 12.2 Å². The van der Waals surface area contributed by atoms with E-state index >= 15 is 0 Å². The van der Waals surface area contributed by atoms with Gasteiger partial charge in [0.15, 0.2) is 0 Å². The summed E-state index contributed by atoms with van der Waals surface area (Å²) in [7, 11) is 0. The fourth-order valence-electron chi connectivity index (χ4n) is 4.18. The van der Waals surface area contributed by atoms with Gasteiger partial charge in [0.1, 0.15) is 11.5 Å². The van der Waals surface area contributed by atoms with Gasteiger partial charge in [-0.2, -0.15) is 0 Å². The molecule has 1 aromatic carbocycles. The number of rotatable bonds is 11. The zero-order chi connectivity index (χ0) is 27.8. The number of hydrogen-bond acceptors (Lipinski definition) is 5. The standard InChI is InChI=1S/C28H34F2N4O4/c1-27(2,25(37)33-17-20-11-13-28(29,30)14-12-20)26(38)34-22(16-19-8-4-3-5-9-19)23(35)24(36)32-18-21-10-6-7-15-31-21/h3-10,15,20,22H,11-14,16-18H2,1-2H3,(H,32,36)(H,33,37)(H,34,38)/t22-/m1/s1. The lowest BCUT2D eigenvalue weighted by molar-refractivity contribution is -0.144. The maximum Gasteiger partial charge on any atom is 0.289 e. The van der Waals surface area contributed by atoms with Crippen LogP contribution in [0.3, 0.4) is 0 Å².